The van der Waals surface area contributed by atoms with Crippen LogP contribution in [0, 0.1) is 0 Å². The summed E-state index contributed by atoms with van der Waals surface area (Å²) in [5, 5.41) is 5.59. The fourth-order valence-electron chi connectivity index (χ4n) is 2.71. The number of nitrogens with one attached hydrogen (secondary N) is 2. The highest BCUT2D eigenvalue weighted by Crippen LogP contribution is 2.31. The Morgan fingerprint density at radius 1 is 1.17 bits per heavy atom. The van der Waals surface area contributed by atoms with Crippen LogP contribution in [0.5, 0.6) is 5.75 Å². The van der Waals surface area contributed by atoms with Crippen molar-refractivity contribution in [2.24, 2.45) is 0 Å². The quantitative estimate of drug-likeness (QED) is 0.551. The molecule has 7 nitrogen and oxygen atoms in total. The van der Waals surface area contributed by atoms with E-state index in [4.69, 9.17) is 10.5 Å². The summed E-state index contributed by atoms with van der Waals surface area (Å²) in [6, 6.07) is 14.5. The Morgan fingerprint density at radius 3 is 2.83 bits per heavy atom. The number of fused-ring (bicyclic) bond motifs is 1. The second kappa shape index (κ2) is 8.62. The van der Waals surface area contributed by atoms with Crippen molar-refractivity contribution in [1.29, 1.82) is 0 Å². The van der Waals surface area contributed by atoms with Crippen molar-refractivity contribution < 1.29 is 14.3 Å². The van der Waals surface area contributed by atoms with Crippen LogP contribution in [0.15, 0.2) is 66.6 Å². The fourth-order valence-corrected chi connectivity index (χ4v) is 3.56. The number of carbonyl (C=O) groups is 2. The first-order valence-corrected chi connectivity index (χ1v) is 9.94. The van der Waals surface area contributed by atoms with Gasteiger partial charge in [0.05, 0.1) is 5.69 Å². The molecule has 150 valence electrons. The summed E-state index contributed by atoms with van der Waals surface area (Å²) < 4.78 is 5.70. The zero-order valence-corrected chi connectivity index (χ0v) is 16.6. The average molecular weight is 418 g/mol. The molecule has 0 atom stereocenters. The van der Waals surface area contributed by atoms with Crippen LogP contribution < -0.4 is 21.1 Å². The largest absolute Gasteiger partial charge is 0.449 e. The Labute approximate surface area is 176 Å². The molecule has 2 aromatic heterocycles. The van der Waals surface area contributed by atoms with Crippen LogP contribution in [0.2, 0.25) is 0 Å². The number of hydrogen-bond acceptors (Lipinski definition) is 6. The molecule has 0 fully saturated rings. The molecule has 1 aliphatic rings. The van der Waals surface area contributed by atoms with Crippen molar-refractivity contribution >= 4 is 46.8 Å². The summed E-state index contributed by atoms with van der Waals surface area (Å²) in [4.78, 5) is 29.9. The van der Waals surface area contributed by atoms with E-state index in [1.54, 1.807) is 36.5 Å². The van der Waals surface area contributed by atoms with Gasteiger partial charge < -0.3 is 21.1 Å². The zero-order valence-electron chi connectivity index (χ0n) is 15.8. The molecule has 1 aromatic carbocycles. The van der Waals surface area contributed by atoms with E-state index < -0.39 is 0 Å². The summed E-state index contributed by atoms with van der Waals surface area (Å²) in [7, 11) is 0. The van der Waals surface area contributed by atoms with Gasteiger partial charge in [-0.25, -0.2) is 4.98 Å². The number of carbonyl (C=O) groups excluding carboxylic acids is 2. The van der Waals surface area contributed by atoms with E-state index in [0.29, 0.717) is 23.8 Å². The fraction of sp³-hybridized carbons (Fsp3) is 0.0455. The minimum absolute atomic E-state index is 0.216. The number of ether oxygens (including phenoxy) is 1. The summed E-state index contributed by atoms with van der Waals surface area (Å²) in [6.07, 6.45) is 6.50. The number of nitrogen functional groups attached to an aromatic ring is 1. The Bertz CT molecular complexity index is 1150. The summed E-state index contributed by atoms with van der Waals surface area (Å²) in [6.45, 7) is 0.367. The predicted molar refractivity (Wildman–Crippen MR) is 118 cm³/mol. The van der Waals surface area contributed by atoms with E-state index in [9.17, 15) is 9.59 Å². The average Bonchev–Trinajstić information content (AvgIpc) is 3.20. The lowest BCUT2D eigenvalue weighted by Crippen LogP contribution is -2.23. The number of nitrogens with zero attached hydrogens (tertiary/aromatic N) is 1. The number of rotatable bonds is 5. The Balaban J connectivity index is 1.37. The molecular weight excluding hydrogens is 400 g/mol. The first-order chi connectivity index (χ1) is 14.6. The molecule has 4 N–H and O–H groups in total. The van der Waals surface area contributed by atoms with Gasteiger partial charge in [-0.15, -0.1) is 11.3 Å². The number of amides is 2. The smallest absolute Gasteiger partial charge is 0.291 e. The third-order valence-corrected chi connectivity index (χ3v) is 5.21. The highest BCUT2D eigenvalue weighted by molar-refractivity contribution is 7.13. The number of anilines is 2. The third-order valence-electron chi connectivity index (χ3n) is 4.21. The highest BCUT2D eigenvalue weighted by atomic mass is 32.1. The Morgan fingerprint density at radius 2 is 2.00 bits per heavy atom. The van der Waals surface area contributed by atoms with Gasteiger partial charge in [0.2, 0.25) is 5.91 Å². The number of benzene rings is 1. The van der Waals surface area contributed by atoms with Gasteiger partial charge in [0, 0.05) is 34.6 Å². The van der Waals surface area contributed by atoms with Crippen molar-refractivity contribution in [3.63, 3.8) is 0 Å². The monoisotopic (exact) mass is 418 g/mol. The normalized spacial score (nSPS) is 14.3. The van der Waals surface area contributed by atoms with Crippen LogP contribution in [-0.4, -0.2) is 16.8 Å². The first-order valence-electron chi connectivity index (χ1n) is 9.13. The van der Waals surface area contributed by atoms with Crippen LogP contribution >= 0.6 is 11.3 Å². The second-order valence-electron chi connectivity index (χ2n) is 6.44. The number of hydrogen-bond donors (Lipinski definition) is 3. The van der Waals surface area contributed by atoms with Gasteiger partial charge in [0.1, 0.15) is 5.82 Å². The molecule has 0 saturated carbocycles. The molecule has 1 aliphatic heterocycles. The van der Waals surface area contributed by atoms with Crippen molar-refractivity contribution in [3.8, 4) is 5.75 Å². The lowest BCUT2D eigenvalue weighted by atomic mass is 10.2. The molecule has 2 amide bonds. The van der Waals surface area contributed by atoms with E-state index in [1.807, 2.05) is 30.3 Å². The standard InChI is InChI=1S/C22H18N4O3S/c23-20-9-5-14(12-24-20)13-25-21(27)10-8-15-6-7-16(30-15)11-19-22(28)26-17-3-1-2-4-18(17)29-19/h1-12H,13H2,(H2,23,24)(H,25,27)(H,26,28)/b10-8+,19-11-. The van der Waals surface area contributed by atoms with E-state index in [1.165, 1.54) is 17.4 Å². The number of aromatic nitrogens is 1. The number of para-hydroxylation sites is 2. The maximum atomic E-state index is 12.2. The van der Waals surface area contributed by atoms with Crippen molar-refractivity contribution in [1.82, 2.24) is 10.3 Å². The van der Waals surface area contributed by atoms with Gasteiger partial charge in [-0.05, 0) is 42.0 Å². The lowest BCUT2D eigenvalue weighted by molar-refractivity contribution is -0.116. The van der Waals surface area contributed by atoms with E-state index in [2.05, 4.69) is 15.6 Å². The lowest BCUT2D eigenvalue weighted by Gasteiger charge is -2.19. The van der Waals surface area contributed by atoms with Gasteiger partial charge in [-0.2, -0.15) is 0 Å². The second-order valence-corrected chi connectivity index (χ2v) is 7.59. The Hall–Kier alpha value is -3.91. The summed E-state index contributed by atoms with van der Waals surface area (Å²) in [5.74, 6) is 0.755. The molecule has 0 unspecified atom stereocenters. The highest BCUT2D eigenvalue weighted by Gasteiger charge is 2.21. The number of pyridine rings is 1. The topological polar surface area (TPSA) is 106 Å². The molecule has 0 saturated heterocycles. The van der Waals surface area contributed by atoms with E-state index >= 15 is 0 Å². The molecule has 0 radical (unpaired) electrons. The minimum Gasteiger partial charge on any atom is -0.449 e. The van der Waals surface area contributed by atoms with Gasteiger partial charge in [0.15, 0.2) is 11.5 Å². The molecule has 3 heterocycles. The molecule has 4 rings (SSSR count). The van der Waals surface area contributed by atoms with Crippen LogP contribution in [0.1, 0.15) is 15.3 Å². The van der Waals surface area contributed by atoms with Crippen molar-refractivity contribution in [2.45, 2.75) is 6.54 Å². The van der Waals surface area contributed by atoms with Gasteiger partial charge in [-0.1, -0.05) is 18.2 Å². The van der Waals surface area contributed by atoms with Crippen LogP contribution in [0.4, 0.5) is 11.5 Å². The summed E-state index contributed by atoms with van der Waals surface area (Å²) in [5.41, 5.74) is 7.05. The predicted octanol–water partition coefficient (Wildman–Crippen LogP) is 3.43. The van der Waals surface area contributed by atoms with Crippen LogP contribution in [0.3, 0.4) is 0 Å². The van der Waals surface area contributed by atoms with E-state index in [0.717, 1.165) is 15.3 Å². The van der Waals surface area contributed by atoms with Crippen LogP contribution in [0.25, 0.3) is 12.2 Å². The van der Waals surface area contributed by atoms with Gasteiger partial charge >= 0.3 is 0 Å². The molecule has 30 heavy (non-hydrogen) atoms. The molecular formula is C22H18N4O3S. The Kier molecular flexibility index (Phi) is 5.58. The molecule has 0 bridgehead atoms. The minimum atomic E-state index is -0.296. The van der Waals surface area contributed by atoms with Gasteiger partial charge in [0.25, 0.3) is 5.91 Å². The molecule has 0 spiro atoms. The SMILES string of the molecule is Nc1ccc(CNC(=O)/C=C/c2ccc(/C=C3\Oc4ccccc4NC3=O)s2)cn1. The third kappa shape index (κ3) is 4.73. The van der Waals surface area contributed by atoms with Crippen LogP contribution in [-0.2, 0) is 16.1 Å². The van der Waals surface area contributed by atoms with Crippen molar-refractivity contribution in [2.75, 3.05) is 11.1 Å². The molecule has 8 heteroatoms. The maximum Gasteiger partial charge on any atom is 0.291 e. The first kappa shape index (κ1) is 19.4. The summed E-state index contributed by atoms with van der Waals surface area (Å²) >= 11 is 1.44. The van der Waals surface area contributed by atoms with E-state index in [-0.39, 0.29) is 17.6 Å². The zero-order chi connectivity index (χ0) is 20.9. The van der Waals surface area contributed by atoms with Gasteiger partial charge in [-0.3, -0.25) is 9.59 Å². The number of thiophene rings is 1. The molecule has 3 aromatic rings. The number of nitrogens with two attached hydrogens (primary N) is 1. The van der Waals surface area contributed by atoms with Crippen molar-refractivity contribution in [3.05, 3.63) is 81.9 Å². The molecule has 0 aliphatic carbocycles. The maximum absolute atomic E-state index is 12.2.